The fourth-order valence-corrected chi connectivity index (χ4v) is 3.70. The second-order valence-corrected chi connectivity index (χ2v) is 6.19. The molecule has 0 spiro atoms. The highest BCUT2D eigenvalue weighted by Gasteiger charge is 2.61. The average Bonchev–Trinajstić information content (AvgIpc) is 2.85. The van der Waals surface area contributed by atoms with Gasteiger partial charge in [-0.3, -0.25) is 4.99 Å². The van der Waals surface area contributed by atoms with Gasteiger partial charge in [-0.25, -0.2) is 0 Å². The van der Waals surface area contributed by atoms with Crippen LogP contribution in [-0.4, -0.2) is 6.21 Å². The first-order valence-corrected chi connectivity index (χ1v) is 6.85. The fourth-order valence-electron chi connectivity index (χ4n) is 3.70. The number of hydrogen-bond donors (Lipinski definition) is 0. The summed E-state index contributed by atoms with van der Waals surface area (Å²) >= 11 is 0. The van der Waals surface area contributed by atoms with Gasteiger partial charge >= 0.3 is 0 Å². The van der Waals surface area contributed by atoms with Crippen molar-refractivity contribution in [2.45, 2.75) is 47.5 Å². The third-order valence-electron chi connectivity index (χ3n) is 4.27. The highest BCUT2D eigenvalue weighted by Crippen LogP contribution is 2.69. The van der Waals surface area contributed by atoms with Crippen LogP contribution in [0.3, 0.4) is 0 Å². The van der Waals surface area contributed by atoms with E-state index in [2.05, 4.69) is 44.8 Å². The highest BCUT2D eigenvalue weighted by molar-refractivity contribution is 5.57. The Morgan fingerprint density at radius 1 is 1.59 bits per heavy atom. The molecular weight excluding hydrogens is 206 g/mol. The summed E-state index contributed by atoms with van der Waals surface area (Å²) in [7, 11) is 0. The number of aliphatic imine (C=N–C) groups is 1. The molecule has 1 nitrogen and oxygen atoms in total. The van der Waals surface area contributed by atoms with E-state index in [-0.39, 0.29) is 0 Å². The molecule has 17 heavy (non-hydrogen) atoms. The lowest BCUT2D eigenvalue weighted by molar-refractivity contribution is 0.428. The minimum atomic E-state index is 0.428. The van der Waals surface area contributed by atoms with Gasteiger partial charge in [0.25, 0.3) is 0 Å². The van der Waals surface area contributed by atoms with Crippen LogP contribution in [0.1, 0.15) is 47.5 Å². The molecule has 4 unspecified atom stereocenters. The van der Waals surface area contributed by atoms with Crippen LogP contribution >= 0.6 is 0 Å². The summed E-state index contributed by atoms with van der Waals surface area (Å²) in [5, 5.41) is 0. The van der Waals surface area contributed by atoms with Gasteiger partial charge in [0, 0.05) is 17.3 Å². The van der Waals surface area contributed by atoms with Gasteiger partial charge in [0.05, 0.1) is 0 Å². The summed E-state index contributed by atoms with van der Waals surface area (Å²) in [4.78, 5) is 4.62. The number of nitrogens with zero attached hydrogens (tertiary/aromatic N) is 1. The molecular formula is C16H25N. The Bertz CT molecular complexity index is 384. The summed E-state index contributed by atoms with van der Waals surface area (Å²) in [6.07, 6.45) is 9.38. The van der Waals surface area contributed by atoms with Crippen molar-refractivity contribution < 1.29 is 0 Å². The lowest BCUT2D eigenvalue weighted by Crippen LogP contribution is -2.09. The van der Waals surface area contributed by atoms with Gasteiger partial charge < -0.3 is 0 Å². The second kappa shape index (κ2) is 4.44. The molecule has 0 aromatic carbocycles. The van der Waals surface area contributed by atoms with Crippen LogP contribution in [0.25, 0.3) is 0 Å². The van der Waals surface area contributed by atoms with Gasteiger partial charge in [0.1, 0.15) is 0 Å². The monoisotopic (exact) mass is 231 g/mol. The largest absolute Gasteiger partial charge is 0.266 e. The molecule has 0 radical (unpaired) electrons. The Morgan fingerprint density at radius 2 is 2.29 bits per heavy atom. The smallest absolute Gasteiger partial charge is 0.0427 e. The van der Waals surface area contributed by atoms with Crippen molar-refractivity contribution in [2.24, 2.45) is 28.2 Å². The van der Waals surface area contributed by atoms with Crippen molar-refractivity contribution >= 4 is 6.21 Å². The molecule has 1 saturated carbocycles. The van der Waals surface area contributed by atoms with Crippen LogP contribution in [-0.2, 0) is 0 Å². The van der Waals surface area contributed by atoms with E-state index < -0.39 is 0 Å². The van der Waals surface area contributed by atoms with E-state index in [1.165, 1.54) is 24.1 Å². The molecule has 2 aliphatic carbocycles. The van der Waals surface area contributed by atoms with Crippen molar-refractivity contribution in [3.8, 4) is 0 Å². The lowest BCUT2D eigenvalue weighted by atomic mass is 9.89. The third-order valence-corrected chi connectivity index (χ3v) is 4.27. The highest BCUT2D eigenvalue weighted by atomic mass is 14.8. The SMILES string of the molecule is CC=NC1=CC(C)C2CC12CC(C)C=C(C)C. The van der Waals surface area contributed by atoms with Crippen molar-refractivity contribution in [3.63, 3.8) is 0 Å². The van der Waals surface area contributed by atoms with Gasteiger partial charge in [0.15, 0.2) is 0 Å². The van der Waals surface area contributed by atoms with E-state index in [1.807, 2.05) is 13.1 Å². The van der Waals surface area contributed by atoms with Crippen molar-refractivity contribution in [1.82, 2.24) is 0 Å². The van der Waals surface area contributed by atoms with Crippen molar-refractivity contribution in [3.05, 3.63) is 23.4 Å². The quantitative estimate of drug-likeness (QED) is 0.495. The van der Waals surface area contributed by atoms with Gasteiger partial charge in [-0.05, 0) is 51.4 Å². The van der Waals surface area contributed by atoms with Gasteiger partial charge in [-0.15, -0.1) is 0 Å². The zero-order valence-corrected chi connectivity index (χ0v) is 11.8. The lowest BCUT2D eigenvalue weighted by Gasteiger charge is -2.18. The Balaban J connectivity index is 2.11. The summed E-state index contributed by atoms with van der Waals surface area (Å²) in [5.41, 5.74) is 3.23. The molecule has 0 aromatic rings. The Labute approximate surface area is 106 Å². The molecule has 0 saturated heterocycles. The maximum Gasteiger partial charge on any atom is 0.0427 e. The molecule has 0 aliphatic heterocycles. The minimum Gasteiger partial charge on any atom is -0.266 e. The fraction of sp³-hybridized carbons (Fsp3) is 0.688. The molecule has 2 aliphatic rings. The minimum absolute atomic E-state index is 0.428. The van der Waals surface area contributed by atoms with Crippen LogP contribution in [0.2, 0.25) is 0 Å². The Hall–Kier alpha value is -0.850. The first kappa shape index (κ1) is 12.6. The standard InChI is InChI=1S/C16H25N/c1-6-17-15-8-13(5)14-10-16(14,15)9-12(4)7-11(2)3/h6-8,12-14H,9-10H2,1-5H3. The second-order valence-electron chi connectivity index (χ2n) is 6.19. The average molecular weight is 231 g/mol. The maximum atomic E-state index is 4.62. The van der Waals surface area contributed by atoms with E-state index in [0.29, 0.717) is 11.3 Å². The molecule has 94 valence electrons. The maximum absolute atomic E-state index is 4.62. The third kappa shape index (κ3) is 2.25. The van der Waals surface area contributed by atoms with Crippen LogP contribution < -0.4 is 0 Å². The predicted octanol–water partition coefficient (Wildman–Crippen LogP) is 4.61. The normalized spacial score (nSPS) is 36.6. The summed E-state index contributed by atoms with van der Waals surface area (Å²) < 4.78 is 0. The molecule has 1 heteroatoms. The molecule has 1 fully saturated rings. The Morgan fingerprint density at radius 3 is 2.82 bits per heavy atom. The van der Waals surface area contributed by atoms with Crippen molar-refractivity contribution in [1.29, 1.82) is 0 Å². The number of rotatable bonds is 4. The summed E-state index contributed by atoms with van der Waals surface area (Å²) in [6, 6.07) is 0. The molecule has 2 rings (SSSR count). The van der Waals surface area contributed by atoms with E-state index in [0.717, 1.165) is 11.8 Å². The number of fused-ring (bicyclic) bond motifs is 1. The molecule has 4 atom stereocenters. The molecule has 0 aromatic heterocycles. The van der Waals surface area contributed by atoms with Crippen LogP contribution in [0, 0.1) is 23.2 Å². The first-order valence-electron chi connectivity index (χ1n) is 6.85. The van der Waals surface area contributed by atoms with Crippen molar-refractivity contribution in [2.75, 3.05) is 0 Å². The van der Waals surface area contributed by atoms with Gasteiger partial charge in [-0.1, -0.05) is 31.6 Å². The van der Waals surface area contributed by atoms with E-state index in [9.17, 15) is 0 Å². The Kier molecular flexibility index (Phi) is 3.29. The van der Waals surface area contributed by atoms with E-state index >= 15 is 0 Å². The molecule has 0 amide bonds. The summed E-state index contributed by atoms with van der Waals surface area (Å²) in [5.74, 6) is 2.27. The zero-order chi connectivity index (χ0) is 12.6. The molecule has 0 heterocycles. The van der Waals surface area contributed by atoms with Crippen LogP contribution in [0.15, 0.2) is 28.4 Å². The van der Waals surface area contributed by atoms with E-state index in [1.54, 1.807) is 0 Å². The zero-order valence-electron chi connectivity index (χ0n) is 11.8. The number of hydrogen-bond acceptors (Lipinski definition) is 1. The molecule has 0 N–H and O–H groups in total. The van der Waals surface area contributed by atoms with E-state index in [4.69, 9.17) is 0 Å². The van der Waals surface area contributed by atoms with Gasteiger partial charge in [0.2, 0.25) is 0 Å². The number of allylic oxidation sites excluding steroid dienone is 4. The first-order chi connectivity index (χ1) is 7.99. The van der Waals surface area contributed by atoms with Crippen LogP contribution in [0.4, 0.5) is 0 Å². The summed E-state index contributed by atoms with van der Waals surface area (Å²) in [6.45, 7) is 11.1. The van der Waals surface area contributed by atoms with Gasteiger partial charge in [-0.2, -0.15) is 0 Å². The topological polar surface area (TPSA) is 12.4 Å². The molecule has 0 bridgehead atoms. The van der Waals surface area contributed by atoms with Crippen LogP contribution in [0.5, 0.6) is 0 Å². The predicted molar refractivity (Wildman–Crippen MR) is 75.2 cm³/mol.